The first-order chi connectivity index (χ1) is 12.7. The van der Waals surface area contributed by atoms with Crippen molar-refractivity contribution in [3.05, 3.63) is 91.2 Å². The second-order valence-electron chi connectivity index (χ2n) is 5.89. The Morgan fingerprint density at radius 3 is 2.62 bits per heavy atom. The molecule has 3 rings (SSSR count). The second kappa shape index (κ2) is 8.21. The van der Waals surface area contributed by atoms with Crippen molar-refractivity contribution >= 4 is 16.8 Å². The Bertz CT molecular complexity index is 926. The molecule has 0 saturated heterocycles. The molecule has 1 aromatic heterocycles. The number of amides is 1. The molecule has 4 heteroatoms. The Kier molecular flexibility index (Phi) is 5.54. The molecule has 3 aromatic rings. The van der Waals surface area contributed by atoms with Crippen LogP contribution in [0.5, 0.6) is 5.75 Å². The highest BCUT2D eigenvalue weighted by Gasteiger charge is 2.17. The van der Waals surface area contributed by atoms with E-state index in [4.69, 9.17) is 4.74 Å². The van der Waals surface area contributed by atoms with Crippen LogP contribution in [0.1, 0.15) is 16.1 Å². The molecule has 2 aromatic carbocycles. The van der Waals surface area contributed by atoms with Crippen LogP contribution < -0.4 is 10.1 Å². The number of hydrogen-bond acceptors (Lipinski definition) is 2. The predicted octanol–water partition coefficient (Wildman–Crippen LogP) is 4.32. The average molecular weight is 346 g/mol. The maximum atomic E-state index is 12.8. The number of carbonyl (C=O) groups excluding carboxylic acids is 1. The van der Waals surface area contributed by atoms with Crippen molar-refractivity contribution in [2.24, 2.45) is 0 Å². The number of nitrogens with zero attached hydrogens (tertiary/aromatic N) is 1. The fourth-order valence-electron chi connectivity index (χ4n) is 2.91. The predicted molar refractivity (Wildman–Crippen MR) is 105 cm³/mol. The fourth-order valence-corrected chi connectivity index (χ4v) is 2.91. The lowest BCUT2D eigenvalue weighted by atomic mass is 10.2. The molecule has 0 aliphatic carbocycles. The van der Waals surface area contributed by atoms with E-state index in [1.807, 2.05) is 59.2 Å². The zero-order chi connectivity index (χ0) is 18.4. The number of fused-ring (bicyclic) bond motifs is 1. The molecule has 1 heterocycles. The van der Waals surface area contributed by atoms with Gasteiger partial charge in [0.1, 0.15) is 18.1 Å². The summed E-state index contributed by atoms with van der Waals surface area (Å²) >= 11 is 0. The molecule has 0 fully saturated rings. The standard InChI is InChI=1S/C22H22N2O2/c1-3-13-24-19-11-8-12-21(26-14-4-2)18(19)15-20(24)22(25)23-16-17-9-6-5-7-10-17/h3-12,15H,1-2,13-14,16H2,(H,23,25). The zero-order valence-corrected chi connectivity index (χ0v) is 14.7. The molecule has 1 N–H and O–H groups in total. The normalized spacial score (nSPS) is 10.5. The number of rotatable bonds is 8. The smallest absolute Gasteiger partial charge is 0.268 e. The van der Waals surface area contributed by atoms with E-state index in [1.54, 1.807) is 12.2 Å². The summed E-state index contributed by atoms with van der Waals surface area (Å²) in [6, 6.07) is 17.5. The second-order valence-corrected chi connectivity index (χ2v) is 5.89. The van der Waals surface area contributed by atoms with Crippen molar-refractivity contribution in [3.8, 4) is 5.75 Å². The summed E-state index contributed by atoms with van der Waals surface area (Å²) in [6.07, 6.45) is 3.48. The van der Waals surface area contributed by atoms with Crippen molar-refractivity contribution < 1.29 is 9.53 Å². The van der Waals surface area contributed by atoms with Gasteiger partial charge < -0.3 is 14.6 Å². The quantitative estimate of drug-likeness (QED) is 0.617. The maximum Gasteiger partial charge on any atom is 0.268 e. The SMILES string of the molecule is C=CCOc1cccc2c1cc(C(=O)NCc1ccccc1)n2CC=C. The van der Waals surface area contributed by atoms with Gasteiger partial charge in [0.15, 0.2) is 0 Å². The number of carbonyl (C=O) groups is 1. The third kappa shape index (κ3) is 3.70. The summed E-state index contributed by atoms with van der Waals surface area (Å²) in [5.74, 6) is 0.615. The highest BCUT2D eigenvalue weighted by atomic mass is 16.5. The van der Waals surface area contributed by atoms with Crippen LogP contribution in [0.3, 0.4) is 0 Å². The molecule has 0 radical (unpaired) electrons. The molecule has 0 bridgehead atoms. The number of ether oxygens (including phenoxy) is 1. The van der Waals surface area contributed by atoms with Gasteiger partial charge >= 0.3 is 0 Å². The van der Waals surface area contributed by atoms with Crippen molar-refractivity contribution in [1.82, 2.24) is 9.88 Å². The first-order valence-corrected chi connectivity index (χ1v) is 8.53. The van der Waals surface area contributed by atoms with Crippen LogP contribution in [0.15, 0.2) is 79.9 Å². The van der Waals surface area contributed by atoms with Gasteiger partial charge in [0.25, 0.3) is 5.91 Å². The number of hydrogen-bond donors (Lipinski definition) is 1. The largest absolute Gasteiger partial charge is 0.489 e. The van der Waals surface area contributed by atoms with Crippen LogP contribution in [0.25, 0.3) is 10.9 Å². The van der Waals surface area contributed by atoms with E-state index in [-0.39, 0.29) is 5.91 Å². The molecule has 132 valence electrons. The highest BCUT2D eigenvalue weighted by Crippen LogP contribution is 2.29. The van der Waals surface area contributed by atoms with Gasteiger partial charge in [-0.2, -0.15) is 0 Å². The Hall–Kier alpha value is -3.27. The molecule has 26 heavy (non-hydrogen) atoms. The average Bonchev–Trinajstić information content (AvgIpc) is 3.05. The van der Waals surface area contributed by atoms with E-state index >= 15 is 0 Å². The molecule has 0 saturated carbocycles. The van der Waals surface area contributed by atoms with Crippen molar-refractivity contribution in [2.45, 2.75) is 13.1 Å². The van der Waals surface area contributed by atoms with E-state index in [1.165, 1.54) is 0 Å². The van der Waals surface area contributed by atoms with Crippen LogP contribution in [-0.4, -0.2) is 17.1 Å². The van der Waals surface area contributed by atoms with Gasteiger partial charge in [-0.3, -0.25) is 4.79 Å². The molecule has 0 spiro atoms. The number of aromatic nitrogens is 1. The Morgan fingerprint density at radius 2 is 1.88 bits per heavy atom. The monoisotopic (exact) mass is 346 g/mol. The van der Waals surface area contributed by atoms with Gasteiger partial charge in [-0.1, -0.05) is 55.1 Å². The fraction of sp³-hybridized carbons (Fsp3) is 0.136. The molecule has 0 aliphatic heterocycles. The number of nitrogens with one attached hydrogen (secondary N) is 1. The summed E-state index contributed by atoms with van der Waals surface area (Å²) in [7, 11) is 0. The minimum absolute atomic E-state index is 0.124. The van der Waals surface area contributed by atoms with Crippen LogP contribution in [0.2, 0.25) is 0 Å². The maximum absolute atomic E-state index is 12.8. The topological polar surface area (TPSA) is 43.3 Å². The van der Waals surface area contributed by atoms with E-state index < -0.39 is 0 Å². The van der Waals surface area contributed by atoms with Crippen molar-refractivity contribution in [1.29, 1.82) is 0 Å². The van der Waals surface area contributed by atoms with Gasteiger partial charge in [-0.05, 0) is 23.8 Å². The lowest BCUT2D eigenvalue weighted by Crippen LogP contribution is -2.25. The van der Waals surface area contributed by atoms with E-state index in [9.17, 15) is 4.79 Å². The Labute approximate surface area is 153 Å². The van der Waals surface area contributed by atoms with Gasteiger partial charge in [-0.15, -0.1) is 6.58 Å². The van der Waals surface area contributed by atoms with Gasteiger partial charge in [0.2, 0.25) is 0 Å². The van der Waals surface area contributed by atoms with Crippen molar-refractivity contribution in [2.75, 3.05) is 6.61 Å². The number of allylic oxidation sites excluding steroid dienone is 1. The Balaban J connectivity index is 1.92. The summed E-state index contributed by atoms with van der Waals surface area (Å²) < 4.78 is 7.68. The Morgan fingerprint density at radius 1 is 1.08 bits per heavy atom. The summed E-state index contributed by atoms with van der Waals surface area (Å²) in [6.45, 7) is 8.94. The summed E-state index contributed by atoms with van der Waals surface area (Å²) in [5, 5.41) is 3.89. The lowest BCUT2D eigenvalue weighted by Gasteiger charge is -2.09. The minimum atomic E-state index is -0.124. The van der Waals surface area contributed by atoms with E-state index in [0.717, 1.165) is 22.2 Å². The first-order valence-electron chi connectivity index (χ1n) is 8.53. The summed E-state index contributed by atoms with van der Waals surface area (Å²) in [4.78, 5) is 12.8. The lowest BCUT2D eigenvalue weighted by molar-refractivity contribution is 0.0942. The van der Waals surface area contributed by atoms with E-state index in [2.05, 4.69) is 18.5 Å². The molecule has 0 atom stereocenters. The molecule has 1 amide bonds. The number of benzene rings is 2. The third-order valence-corrected chi connectivity index (χ3v) is 4.10. The molecular formula is C22H22N2O2. The minimum Gasteiger partial charge on any atom is -0.489 e. The zero-order valence-electron chi connectivity index (χ0n) is 14.7. The molecule has 0 unspecified atom stereocenters. The van der Waals surface area contributed by atoms with Crippen LogP contribution in [0.4, 0.5) is 0 Å². The molecular weight excluding hydrogens is 324 g/mol. The third-order valence-electron chi connectivity index (χ3n) is 4.10. The van der Waals surface area contributed by atoms with Crippen LogP contribution >= 0.6 is 0 Å². The molecule has 4 nitrogen and oxygen atoms in total. The van der Waals surface area contributed by atoms with Gasteiger partial charge in [0, 0.05) is 18.5 Å². The highest BCUT2D eigenvalue weighted by molar-refractivity contribution is 6.00. The van der Waals surface area contributed by atoms with Crippen LogP contribution in [0, 0.1) is 0 Å². The van der Waals surface area contributed by atoms with E-state index in [0.29, 0.717) is 25.4 Å². The summed E-state index contributed by atoms with van der Waals surface area (Å²) in [5.41, 5.74) is 2.59. The van der Waals surface area contributed by atoms with Crippen LogP contribution in [-0.2, 0) is 13.1 Å². The van der Waals surface area contributed by atoms with Crippen molar-refractivity contribution in [3.63, 3.8) is 0 Å². The first kappa shape index (κ1) is 17.5. The van der Waals surface area contributed by atoms with Gasteiger partial charge in [0.05, 0.1) is 5.52 Å². The van der Waals surface area contributed by atoms with Gasteiger partial charge in [-0.25, -0.2) is 0 Å². The molecule has 0 aliphatic rings.